The first kappa shape index (κ1) is 16.0. The minimum absolute atomic E-state index is 0.301. The molecule has 2 rings (SSSR count). The second kappa shape index (κ2) is 7.05. The van der Waals surface area contributed by atoms with Crippen molar-refractivity contribution in [2.75, 3.05) is 21.3 Å². The quantitative estimate of drug-likeness (QED) is 0.706. The fourth-order valence-electron chi connectivity index (χ4n) is 2.03. The van der Waals surface area contributed by atoms with Crippen molar-refractivity contribution in [1.82, 2.24) is 0 Å². The summed E-state index contributed by atoms with van der Waals surface area (Å²) in [5.41, 5.74) is 1.89. The Labute approximate surface area is 137 Å². The molecule has 2 aromatic carbocycles. The van der Waals surface area contributed by atoms with Crippen molar-refractivity contribution >= 4 is 27.5 Å². The van der Waals surface area contributed by atoms with Crippen LogP contribution in [0.25, 0.3) is 0 Å². The molecule has 0 heterocycles. The Balaban J connectivity index is 2.37. The highest BCUT2D eigenvalue weighted by Crippen LogP contribution is 2.38. The van der Waals surface area contributed by atoms with Crippen LogP contribution in [0.3, 0.4) is 0 Å². The van der Waals surface area contributed by atoms with Crippen LogP contribution in [0, 0.1) is 0 Å². The molecule has 0 bridgehead atoms. The van der Waals surface area contributed by atoms with Gasteiger partial charge in [-0.3, -0.25) is 0 Å². The van der Waals surface area contributed by atoms with E-state index in [0.29, 0.717) is 11.5 Å². The molecule has 0 aliphatic rings. The van der Waals surface area contributed by atoms with E-state index in [-0.39, 0.29) is 5.38 Å². The van der Waals surface area contributed by atoms with Crippen LogP contribution in [0.1, 0.15) is 16.5 Å². The number of hydrogen-bond acceptors (Lipinski definition) is 3. The zero-order valence-corrected chi connectivity index (χ0v) is 14.4. The lowest BCUT2D eigenvalue weighted by atomic mass is 10.0. The summed E-state index contributed by atoms with van der Waals surface area (Å²) in [4.78, 5) is 0. The van der Waals surface area contributed by atoms with E-state index in [1.807, 2.05) is 36.4 Å². The average molecular weight is 372 g/mol. The molecular formula is C16H16BrClO3. The average Bonchev–Trinajstić information content (AvgIpc) is 2.53. The molecule has 0 radical (unpaired) electrons. The Hall–Kier alpha value is -1.39. The van der Waals surface area contributed by atoms with E-state index >= 15 is 0 Å². The minimum Gasteiger partial charge on any atom is -0.497 e. The molecule has 0 aromatic heterocycles. The molecule has 0 aliphatic carbocycles. The van der Waals surface area contributed by atoms with Gasteiger partial charge in [0.25, 0.3) is 0 Å². The Morgan fingerprint density at radius 1 is 0.905 bits per heavy atom. The lowest BCUT2D eigenvalue weighted by molar-refractivity contribution is 0.354. The number of hydrogen-bond donors (Lipinski definition) is 0. The summed E-state index contributed by atoms with van der Waals surface area (Å²) in [6.45, 7) is 0. The van der Waals surface area contributed by atoms with Crippen LogP contribution in [-0.2, 0) is 0 Å². The van der Waals surface area contributed by atoms with Crippen molar-refractivity contribution in [3.63, 3.8) is 0 Å². The van der Waals surface area contributed by atoms with E-state index in [9.17, 15) is 0 Å². The van der Waals surface area contributed by atoms with Crippen LogP contribution >= 0.6 is 27.5 Å². The van der Waals surface area contributed by atoms with Crippen molar-refractivity contribution in [2.24, 2.45) is 0 Å². The highest BCUT2D eigenvalue weighted by molar-refractivity contribution is 9.10. The number of methoxy groups -OCH3 is 3. The monoisotopic (exact) mass is 370 g/mol. The number of alkyl halides is 1. The van der Waals surface area contributed by atoms with Crippen molar-refractivity contribution in [3.05, 3.63) is 52.0 Å². The van der Waals surface area contributed by atoms with Crippen LogP contribution in [0.4, 0.5) is 0 Å². The van der Waals surface area contributed by atoms with E-state index in [2.05, 4.69) is 15.9 Å². The summed E-state index contributed by atoms with van der Waals surface area (Å²) in [5, 5.41) is -0.301. The number of rotatable bonds is 5. The van der Waals surface area contributed by atoms with Gasteiger partial charge in [-0.2, -0.15) is 0 Å². The van der Waals surface area contributed by atoms with Gasteiger partial charge in [0.1, 0.15) is 5.75 Å². The summed E-state index contributed by atoms with van der Waals surface area (Å²) >= 11 is 10.1. The molecule has 0 saturated heterocycles. The standard InChI is InChI=1S/C16H16BrClO3/c1-19-11-5-6-12(13(17)9-11)16(18)10-4-7-14(20-2)15(8-10)21-3/h4-9,16H,1-3H3. The van der Waals surface area contributed by atoms with Gasteiger partial charge in [0.05, 0.1) is 26.7 Å². The van der Waals surface area contributed by atoms with Gasteiger partial charge in [-0.25, -0.2) is 0 Å². The summed E-state index contributed by atoms with van der Waals surface area (Å²) in [6.07, 6.45) is 0. The summed E-state index contributed by atoms with van der Waals surface area (Å²) in [6, 6.07) is 11.4. The molecule has 1 atom stereocenters. The predicted octanol–water partition coefficient (Wildman–Crippen LogP) is 4.80. The molecule has 0 N–H and O–H groups in total. The maximum absolute atomic E-state index is 6.59. The first-order valence-corrected chi connectivity index (χ1v) is 7.53. The van der Waals surface area contributed by atoms with Crippen LogP contribution in [0.5, 0.6) is 17.2 Å². The van der Waals surface area contributed by atoms with Crippen molar-refractivity contribution in [3.8, 4) is 17.2 Å². The number of ether oxygens (including phenoxy) is 3. The molecule has 21 heavy (non-hydrogen) atoms. The maximum atomic E-state index is 6.59. The number of halogens is 2. The predicted molar refractivity (Wildman–Crippen MR) is 87.9 cm³/mol. The van der Waals surface area contributed by atoms with E-state index in [0.717, 1.165) is 21.3 Å². The molecule has 0 spiro atoms. The third-order valence-electron chi connectivity index (χ3n) is 3.18. The Kier molecular flexibility index (Phi) is 5.37. The van der Waals surface area contributed by atoms with E-state index < -0.39 is 0 Å². The highest BCUT2D eigenvalue weighted by atomic mass is 79.9. The first-order valence-electron chi connectivity index (χ1n) is 6.30. The van der Waals surface area contributed by atoms with Gasteiger partial charge >= 0.3 is 0 Å². The first-order chi connectivity index (χ1) is 10.1. The SMILES string of the molecule is COc1ccc(C(Cl)c2ccc(OC)c(OC)c2)c(Br)c1. The van der Waals surface area contributed by atoms with E-state index in [1.165, 1.54) is 0 Å². The molecule has 1 unspecified atom stereocenters. The second-order valence-electron chi connectivity index (χ2n) is 4.36. The Morgan fingerprint density at radius 3 is 2.19 bits per heavy atom. The zero-order valence-electron chi connectivity index (χ0n) is 12.0. The summed E-state index contributed by atoms with van der Waals surface area (Å²) in [7, 11) is 4.85. The Morgan fingerprint density at radius 2 is 1.62 bits per heavy atom. The normalized spacial score (nSPS) is 11.9. The van der Waals surface area contributed by atoms with Crippen molar-refractivity contribution in [1.29, 1.82) is 0 Å². The van der Waals surface area contributed by atoms with Gasteiger partial charge < -0.3 is 14.2 Å². The molecule has 0 saturated carbocycles. The molecule has 112 valence electrons. The number of benzene rings is 2. The lowest BCUT2D eigenvalue weighted by Crippen LogP contribution is -1.98. The van der Waals surface area contributed by atoms with Gasteiger partial charge in [-0.15, -0.1) is 11.6 Å². The second-order valence-corrected chi connectivity index (χ2v) is 5.66. The largest absolute Gasteiger partial charge is 0.497 e. The van der Waals surface area contributed by atoms with Gasteiger partial charge in [-0.1, -0.05) is 28.1 Å². The smallest absolute Gasteiger partial charge is 0.161 e. The fourth-order valence-corrected chi connectivity index (χ4v) is 3.07. The van der Waals surface area contributed by atoms with Gasteiger partial charge in [0.2, 0.25) is 0 Å². The van der Waals surface area contributed by atoms with Gasteiger partial charge in [0.15, 0.2) is 11.5 Å². The van der Waals surface area contributed by atoms with Crippen LogP contribution in [-0.4, -0.2) is 21.3 Å². The molecule has 2 aromatic rings. The zero-order chi connectivity index (χ0) is 15.4. The molecule has 3 nitrogen and oxygen atoms in total. The third-order valence-corrected chi connectivity index (χ3v) is 4.35. The van der Waals surface area contributed by atoms with Crippen LogP contribution < -0.4 is 14.2 Å². The minimum atomic E-state index is -0.301. The van der Waals surface area contributed by atoms with E-state index in [1.54, 1.807) is 21.3 Å². The molecular weight excluding hydrogens is 356 g/mol. The molecule has 0 amide bonds. The van der Waals surface area contributed by atoms with Gasteiger partial charge in [0, 0.05) is 4.47 Å². The molecule has 0 fully saturated rings. The van der Waals surface area contributed by atoms with E-state index in [4.69, 9.17) is 25.8 Å². The third kappa shape index (κ3) is 3.44. The van der Waals surface area contributed by atoms with Crippen LogP contribution in [0.15, 0.2) is 40.9 Å². The summed E-state index contributed by atoms with van der Waals surface area (Å²) < 4.78 is 16.6. The topological polar surface area (TPSA) is 27.7 Å². The Bertz CT molecular complexity index is 631. The summed E-state index contributed by atoms with van der Waals surface area (Å²) in [5.74, 6) is 2.12. The van der Waals surface area contributed by atoms with Gasteiger partial charge in [-0.05, 0) is 35.4 Å². The molecule has 5 heteroatoms. The van der Waals surface area contributed by atoms with Crippen molar-refractivity contribution in [2.45, 2.75) is 5.38 Å². The fraction of sp³-hybridized carbons (Fsp3) is 0.250. The molecule has 0 aliphatic heterocycles. The lowest BCUT2D eigenvalue weighted by Gasteiger charge is -2.15. The van der Waals surface area contributed by atoms with Crippen LogP contribution in [0.2, 0.25) is 0 Å². The highest BCUT2D eigenvalue weighted by Gasteiger charge is 2.16. The van der Waals surface area contributed by atoms with Crippen molar-refractivity contribution < 1.29 is 14.2 Å². The maximum Gasteiger partial charge on any atom is 0.161 e.